The zero-order valence-corrected chi connectivity index (χ0v) is 9.40. The summed E-state index contributed by atoms with van der Waals surface area (Å²) in [7, 11) is 0. The Hall–Kier alpha value is -1.29. The third-order valence-corrected chi connectivity index (χ3v) is 3.62. The molecule has 0 aliphatic carbocycles. The summed E-state index contributed by atoms with van der Waals surface area (Å²) in [6.07, 6.45) is 1.63. The molecule has 2 fully saturated rings. The van der Waals surface area contributed by atoms with Gasteiger partial charge in [0.25, 0.3) is 5.91 Å². The van der Waals surface area contributed by atoms with Crippen LogP contribution in [0.4, 0.5) is 0 Å². The molecule has 0 aromatic carbocycles. The first-order valence-corrected chi connectivity index (χ1v) is 5.79. The lowest BCUT2D eigenvalue weighted by atomic mass is 10.0. The normalized spacial score (nSPS) is 28.4. The van der Waals surface area contributed by atoms with Gasteiger partial charge in [0.1, 0.15) is 0 Å². The molecule has 3 rings (SSSR count). The van der Waals surface area contributed by atoms with E-state index in [0.29, 0.717) is 17.6 Å². The number of carbonyl (C=O) groups is 1. The average Bonchev–Trinajstić information content (AvgIpc) is 2.89. The first-order valence-electron chi connectivity index (χ1n) is 5.79. The van der Waals surface area contributed by atoms with E-state index in [9.17, 15) is 4.79 Å². The summed E-state index contributed by atoms with van der Waals surface area (Å²) in [5.41, 5.74) is 1.00. The maximum Gasteiger partial charge on any atom is 0.289 e. The van der Waals surface area contributed by atoms with E-state index in [-0.39, 0.29) is 5.91 Å². The third-order valence-electron chi connectivity index (χ3n) is 3.62. The molecule has 4 nitrogen and oxygen atoms in total. The molecule has 1 aromatic heterocycles. The first kappa shape index (κ1) is 9.90. The number of likely N-dealkylation sites (tertiary alicyclic amines) is 1. The summed E-state index contributed by atoms with van der Waals surface area (Å²) in [6.45, 7) is 5.77. The van der Waals surface area contributed by atoms with Gasteiger partial charge in [-0.1, -0.05) is 0 Å². The van der Waals surface area contributed by atoms with Crippen molar-refractivity contribution in [2.75, 3.05) is 26.2 Å². The van der Waals surface area contributed by atoms with E-state index in [4.69, 9.17) is 4.42 Å². The molecule has 0 saturated carbocycles. The Labute approximate surface area is 94.6 Å². The van der Waals surface area contributed by atoms with Crippen molar-refractivity contribution in [2.45, 2.75) is 6.92 Å². The highest BCUT2D eigenvalue weighted by Gasteiger charge is 2.38. The number of carbonyl (C=O) groups excluding carboxylic acids is 1. The topological polar surface area (TPSA) is 45.5 Å². The molecule has 2 saturated heterocycles. The van der Waals surface area contributed by atoms with Crippen molar-refractivity contribution in [3.05, 3.63) is 23.7 Å². The summed E-state index contributed by atoms with van der Waals surface area (Å²) >= 11 is 0. The zero-order valence-electron chi connectivity index (χ0n) is 9.40. The van der Waals surface area contributed by atoms with E-state index in [1.54, 1.807) is 6.26 Å². The minimum atomic E-state index is 0.0440. The van der Waals surface area contributed by atoms with E-state index in [0.717, 1.165) is 31.7 Å². The zero-order chi connectivity index (χ0) is 11.1. The number of nitrogens with one attached hydrogen (secondary N) is 1. The molecule has 86 valence electrons. The highest BCUT2D eigenvalue weighted by molar-refractivity contribution is 5.91. The molecule has 1 N–H and O–H groups in total. The molecule has 0 radical (unpaired) electrons. The quantitative estimate of drug-likeness (QED) is 0.764. The SMILES string of the molecule is Cc1coc(C(=O)N2CC3CNCC3C2)c1. The lowest BCUT2D eigenvalue weighted by Crippen LogP contribution is -2.31. The van der Waals surface area contributed by atoms with Crippen LogP contribution >= 0.6 is 0 Å². The number of rotatable bonds is 1. The summed E-state index contributed by atoms with van der Waals surface area (Å²) in [4.78, 5) is 14.0. The minimum absolute atomic E-state index is 0.0440. The van der Waals surface area contributed by atoms with Crippen LogP contribution in [0.1, 0.15) is 16.1 Å². The van der Waals surface area contributed by atoms with Gasteiger partial charge in [-0.05, 0) is 30.4 Å². The molecule has 0 bridgehead atoms. The number of fused-ring (bicyclic) bond motifs is 1. The van der Waals surface area contributed by atoms with Crippen LogP contribution in [0.2, 0.25) is 0 Å². The van der Waals surface area contributed by atoms with Crippen LogP contribution in [0, 0.1) is 18.8 Å². The summed E-state index contributed by atoms with van der Waals surface area (Å²) < 4.78 is 5.25. The number of hydrogen-bond donors (Lipinski definition) is 1. The lowest BCUT2D eigenvalue weighted by Gasteiger charge is -2.15. The van der Waals surface area contributed by atoms with Crippen LogP contribution in [-0.2, 0) is 0 Å². The minimum Gasteiger partial charge on any atom is -0.459 e. The van der Waals surface area contributed by atoms with Gasteiger partial charge in [-0.25, -0.2) is 0 Å². The standard InChI is InChI=1S/C12H16N2O2/c1-8-2-11(16-7-8)12(15)14-5-9-3-13-4-10(9)6-14/h2,7,9-10,13H,3-6H2,1H3. The van der Waals surface area contributed by atoms with Gasteiger partial charge in [0.05, 0.1) is 6.26 Å². The summed E-state index contributed by atoms with van der Waals surface area (Å²) in [6, 6.07) is 1.81. The number of aryl methyl sites for hydroxylation is 1. The molecule has 16 heavy (non-hydrogen) atoms. The Morgan fingerprint density at radius 3 is 2.69 bits per heavy atom. The maximum atomic E-state index is 12.1. The van der Waals surface area contributed by atoms with Gasteiger partial charge in [0, 0.05) is 26.2 Å². The Balaban J connectivity index is 1.73. The molecule has 0 spiro atoms. The highest BCUT2D eigenvalue weighted by Crippen LogP contribution is 2.27. The van der Waals surface area contributed by atoms with E-state index in [1.165, 1.54) is 0 Å². The van der Waals surface area contributed by atoms with Crippen LogP contribution < -0.4 is 5.32 Å². The lowest BCUT2D eigenvalue weighted by molar-refractivity contribution is 0.0750. The van der Waals surface area contributed by atoms with Crippen molar-refractivity contribution in [1.29, 1.82) is 0 Å². The predicted molar refractivity (Wildman–Crippen MR) is 59.2 cm³/mol. The summed E-state index contributed by atoms with van der Waals surface area (Å²) in [5, 5.41) is 3.37. The summed E-state index contributed by atoms with van der Waals surface area (Å²) in [5.74, 6) is 1.80. The second-order valence-corrected chi connectivity index (χ2v) is 4.88. The molecule has 1 aromatic rings. The van der Waals surface area contributed by atoms with Crippen molar-refractivity contribution in [3.8, 4) is 0 Å². The molecular formula is C12H16N2O2. The monoisotopic (exact) mass is 220 g/mol. The van der Waals surface area contributed by atoms with Gasteiger partial charge in [-0.2, -0.15) is 0 Å². The van der Waals surface area contributed by atoms with Crippen LogP contribution in [-0.4, -0.2) is 37.0 Å². The maximum absolute atomic E-state index is 12.1. The molecule has 1 amide bonds. The largest absolute Gasteiger partial charge is 0.459 e. The predicted octanol–water partition coefficient (Wildman–Crippen LogP) is 0.879. The van der Waals surface area contributed by atoms with Gasteiger partial charge in [-0.15, -0.1) is 0 Å². The molecule has 2 aliphatic heterocycles. The van der Waals surface area contributed by atoms with Crippen LogP contribution in [0.25, 0.3) is 0 Å². The van der Waals surface area contributed by atoms with Gasteiger partial charge in [0.2, 0.25) is 0 Å². The van der Waals surface area contributed by atoms with Crippen molar-refractivity contribution in [1.82, 2.24) is 10.2 Å². The molecule has 2 unspecified atom stereocenters. The van der Waals surface area contributed by atoms with Crippen molar-refractivity contribution in [2.24, 2.45) is 11.8 Å². The van der Waals surface area contributed by atoms with Gasteiger partial charge >= 0.3 is 0 Å². The third kappa shape index (κ3) is 1.53. The second kappa shape index (κ2) is 3.63. The highest BCUT2D eigenvalue weighted by atomic mass is 16.3. The van der Waals surface area contributed by atoms with E-state index in [2.05, 4.69) is 5.32 Å². The van der Waals surface area contributed by atoms with Crippen molar-refractivity contribution >= 4 is 5.91 Å². The van der Waals surface area contributed by atoms with Gasteiger partial charge in [0.15, 0.2) is 5.76 Å². The Morgan fingerprint density at radius 1 is 1.44 bits per heavy atom. The number of amides is 1. The fourth-order valence-electron chi connectivity index (χ4n) is 2.72. The van der Waals surface area contributed by atoms with Crippen LogP contribution in [0.5, 0.6) is 0 Å². The first-order chi connectivity index (χ1) is 7.74. The number of furan rings is 1. The molecule has 3 heterocycles. The van der Waals surface area contributed by atoms with Crippen LogP contribution in [0.15, 0.2) is 16.7 Å². The van der Waals surface area contributed by atoms with Crippen molar-refractivity contribution < 1.29 is 9.21 Å². The van der Waals surface area contributed by atoms with E-state index in [1.807, 2.05) is 17.9 Å². The number of hydrogen-bond acceptors (Lipinski definition) is 3. The van der Waals surface area contributed by atoms with Crippen molar-refractivity contribution in [3.63, 3.8) is 0 Å². The van der Waals surface area contributed by atoms with Gasteiger partial charge in [-0.3, -0.25) is 4.79 Å². The average molecular weight is 220 g/mol. The second-order valence-electron chi connectivity index (χ2n) is 4.88. The molecule has 2 aliphatic rings. The molecular weight excluding hydrogens is 204 g/mol. The smallest absolute Gasteiger partial charge is 0.289 e. The van der Waals surface area contributed by atoms with Gasteiger partial charge < -0.3 is 14.6 Å². The van der Waals surface area contributed by atoms with Crippen LogP contribution in [0.3, 0.4) is 0 Å². The fourth-order valence-corrected chi connectivity index (χ4v) is 2.72. The number of nitrogens with zero attached hydrogens (tertiary/aromatic N) is 1. The molecule has 4 heteroatoms. The Morgan fingerprint density at radius 2 is 2.12 bits per heavy atom. The molecule has 2 atom stereocenters. The fraction of sp³-hybridized carbons (Fsp3) is 0.583. The Kier molecular flexibility index (Phi) is 2.24. The van der Waals surface area contributed by atoms with E-state index >= 15 is 0 Å². The van der Waals surface area contributed by atoms with E-state index < -0.39 is 0 Å². The Bertz CT molecular complexity index is 401.